The summed E-state index contributed by atoms with van der Waals surface area (Å²) < 4.78 is 0. The van der Waals surface area contributed by atoms with Crippen molar-refractivity contribution in [3.8, 4) is 0 Å². The van der Waals surface area contributed by atoms with Crippen LogP contribution in [0.3, 0.4) is 0 Å². The molecule has 2 aliphatic carbocycles. The molecule has 6 aliphatic rings. The summed E-state index contributed by atoms with van der Waals surface area (Å²) >= 11 is 0. The number of nitrogens with one attached hydrogen (secondary N) is 1. The van der Waals surface area contributed by atoms with Crippen molar-refractivity contribution in [2.24, 2.45) is 16.8 Å². The highest BCUT2D eigenvalue weighted by Crippen LogP contribution is 2.58. The van der Waals surface area contributed by atoms with Crippen LogP contribution in [0.4, 0.5) is 5.69 Å². The Labute approximate surface area is 175 Å². The van der Waals surface area contributed by atoms with Gasteiger partial charge in [0.05, 0.1) is 0 Å². The second-order valence-corrected chi connectivity index (χ2v) is 10.3. The summed E-state index contributed by atoms with van der Waals surface area (Å²) in [5.41, 5.74) is 10.3. The van der Waals surface area contributed by atoms with Crippen LogP contribution in [0.25, 0.3) is 0 Å². The molecule has 3 fully saturated rings. The number of likely N-dealkylation sites (tertiary alicyclic amines) is 1. The number of hydrogen-bond donors (Lipinski definition) is 1. The molecule has 2 atom stereocenters. The first-order valence-corrected chi connectivity index (χ1v) is 11.7. The van der Waals surface area contributed by atoms with Gasteiger partial charge in [0.2, 0.25) is 0 Å². The second-order valence-electron chi connectivity index (χ2n) is 10.3. The van der Waals surface area contributed by atoms with Gasteiger partial charge >= 0.3 is 0 Å². The van der Waals surface area contributed by atoms with Crippen LogP contribution in [0.15, 0.2) is 39.7 Å². The molecule has 2 unspecified atom stereocenters. The highest BCUT2D eigenvalue weighted by Gasteiger charge is 2.47. The van der Waals surface area contributed by atoms with E-state index in [2.05, 4.69) is 50.0 Å². The Bertz CT molecular complexity index is 987. The summed E-state index contributed by atoms with van der Waals surface area (Å²) in [6.07, 6.45) is 7.78. The standard InChI is InChI=1S/C26H33N3/c1-14-5-7-18(8-6-14)29-10-9-19-17(4)20-13-22-23(20)21-12-15(2)11-16(3)24(21)27-25(22)28-26(19)29/h11-12,14,18,20,23,27H,5-10,13H2,1-4H3/b19-17-,28-26+. The number of benzene rings is 1. The molecule has 3 heteroatoms. The molecule has 0 aromatic heterocycles. The quantitative estimate of drug-likeness (QED) is 0.634. The van der Waals surface area contributed by atoms with Crippen LogP contribution in [0.2, 0.25) is 0 Å². The number of aryl methyl sites for hydroxylation is 2. The summed E-state index contributed by atoms with van der Waals surface area (Å²) in [6.45, 7) is 10.5. The van der Waals surface area contributed by atoms with E-state index in [4.69, 9.17) is 4.99 Å². The van der Waals surface area contributed by atoms with Gasteiger partial charge in [0.25, 0.3) is 0 Å². The van der Waals surface area contributed by atoms with Crippen molar-refractivity contribution in [3.05, 3.63) is 51.4 Å². The molecule has 1 N–H and O–H groups in total. The average molecular weight is 388 g/mol. The number of allylic oxidation sites excluding steroid dienone is 2. The first-order chi connectivity index (χ1) is 14.0. The molecule has 4 bridgehead atoms. The molecule has 0 radical (unpaired) electrons. The highest BCUT2D eigenvalue weighted by molar-refractivity contribution is 6.02. The Hall–Kier alpha value is -2.03. The number of hydrogen-bond acceptors (Lipinski definition) is 3. The Morgan fingerprint density at radius 1 is 1.07 bits per heavy atom. The minimum Gasteiger partial charge on any atom is -0.353 e. The summed E-state index contributed by atoms with van der Waals surface area (Å²) in [6, 6.07) is 5.41. The topological polar surface area (TPSA) is 27.6 Å². The van der Waals surface area contributed by atoms with Gasteiger partial charge in [0, 0.05) is 24.2 Å². The molecule has 1 aromatic rings. The maximum Gasteiger partial charge on any atom is 0.134 e. The third kappa shape index (κ3) is 2.52. The van der Waals surface area contributed by atoms with Gasteiger partial charge in [-0.2, -0.15) is 0 Å². The molecule has 152 valence electrons. The Morgan fingerprint density at radius 2 is 1.86 bits per heavy atom. The fourth-order valence-corrected chi connectivity index (χ4v) is 6.70. The van der Waals surface area contributed by atoms with Crippen LogP contribution in [0, 0.1) is 25.7 Å². The lowest BCUT2D eigenvalue weighted by Gasteiger charge is -2.47. The minimum absolute atomic E-state index is 0.544. The van der Waals surface area contributed by atoms with Crippen LogP contribution in [0.5, 0.6) is 0 Å². The second kappa shape index (κ2) is 6.23. The lowest BCUT2D eigenvalue weighted by Crippen LogP contribution is -2.41. The summed E-state index contributed by atoms with van der Waals surface area (Å²) in [5, 5.41) is 3.78. The maximum absolute atomic E-state index is 5.38. The van der Waals surface area contributed by atoms with Crippen LogP contribution in [-0.4, -0.2) is 23.3 Å². The third-order valence-corrected chi connectivity index (χ3v) is 8.43. The van der Waals surface area contributed by atoms with Crippen molar-refractivity contribution >= 4 is 11.5 Å². The predicted octanol–water partition coefficient (Wildman–Crippen LogP) is 6.06. The average Bonchev–Trinajstić information content (AvgIpc) is 3.05. The molecule has 4 aliphatic heterocycles. The zero-order valence-electron chi connectivity index (χ0n) is 18.3. The van der Waals surface area contributed by atoms with Gasteiger partial charge in [-0.05, 0) is 93.4 Å². The zero-order chi connectivity index (χ0) is 19.9. The number of anilines is 1. The first kappa shape index (κ1) is 17.8. The highest BCUT2D eigenvalue weighted by atomic mass is 15.3. The van der Waals surface area contributed by atoms with E-state index < -0.39 is 0 Å². The number of rotatable bonds is 1. The van der Waals surface area contributed by atoms with Crippen LogP contribution in [-0.2, 0) is 0 Å². The summed E-state index contributed by atoms with van der Waals surface area (Å²) in [4.78, 5) is 8.06. The van der Waals surface area contributed by atoms with E-state index in [0.29, 0.717) is 17.9 Å². The Balaban J connectivity index is 1.44. The monoisotopic (exact) mass is 387 g/mol. The predicted molar refractivity (Wildman–Crippen MR) is 120 cm³/mol. The number of aliphatic imine (C=N–C) groups is 1. The third-order valence-electron chi connectivity index (χ3n) is 8.43. The SMILES string of the molecule is C/C1=C2\CCN(C3CCC(C)CC3)\C2=N\C2=C3CC1C3c1cc(C)cc(C)c1N2. The van der Waals surface area contributed by atoms with Crippen molar-refractivity contribution in [2.75, 3.05) is 11.9 Å². The number of amidine groups is 1. The molecule has 29 heavy (non-hydrogen) atoms. The Morgan fingerprint density at radius 3 is 2.66 bits per heavy atom. The van der Waals surface area contributed by atoms with Crippen molar-refractivity contribution in [1.29, 1.82) is 0 Å². The van der Waals surface area contributed by atoms with Crippen molar-refractivity contribution < 1.29 is 0 Å². The fraction of sp³-hybridized carbons (Fsp3) is 0.577. The first-order valence-electron chi connectivity index (χ1n) is 11.7. The largest absolute Gasteiger partial charge is 0.353 e. The van der Waals surface area contributed by atoms with E-state index >= 15 is 0 Å². The van der Waals surface area contributed by atoms with Crippen LogP contribution < -0.4 is 5.32 Å². The van der Waals surface area contributed by atoms with E-state index in [-0.39, 0.29) is 0 Å². The minimum atomic E-state index is 0.544. The molecule has 0 spiro atoms. The van der Waals surface area contributed by atoms with Gasteiger partial charge in [-0.1, -0.05) is 30.2 Å². The molecule has 4 heterocycles. The van der Waals surface area contributed by atoms with Gasteiger partial charge in [0.1, 0.15) is 11.7 Å². The maximum atomic E-state index is 5.38. The van der Waals surface area contributed by atoms with E-state index in [1.54, 1.807) is 16.7 Å². The van der Waals surface area contributed by atoms with Crippen LogP contribution >= 0.6 is 0 Å². The van der Waals surface area contributed by atoms with Crippen LogP contribution in [0.1, 0.15) is 75.0 Å². The van der Waals surface area contributed by atoms with E-state index in [9.17, 15) is 0 Å². The Kier molecular flexibility index (Phi) is 3.82. The lowest BCUT2D eigenvalue weighted by molar-refractivity contribution is 0.224. The van der Waals surface area contributed by atoms with Crippen molar-refractivity contribution in [3.63, 3.8) is 0 Å². The van der Waals surface area contributed by atoms with Gasteiger partial charge in [-0.15, -0.1) is 0 Å². The van der Waals surface area contributed by atoms with E-state index in [1.165, 1.54) is 72.6 Å². The molecule has 7 rings (SSSR count). The molecule has 3 nitrogen and oxygen atoms in total. The van der Waals surface area contributed by atoms with Gasteiger partial charge in [0.15, 0.2) is 0 Å². The number of nitrogens with zero attached hydrogens (tertiary/aromatic N) is 2. The summed E-state index contributed by atoms with van der Waals surface area (Å²) in [5.74, 6) is 4.57. The number of fused-ring (bicyclic) bond motifs is 1. The van der Waals surface area contributed by atoms with Crippen molar-refractivity contribution in [2.45, 2.75) is 78.2 Å². The smallest absolute Gasteiger partial charge is 0.134 e. The zero-order valence-corrected chi connectivity index (χ0v) is 18.3. The molecule has 1 aromatic carbocycles. The molecule has 1 saturated heterocycles. The van der Waals surface area contributed by atoms with Gasteiger partial charge in [-0.3, -0.25) is 0 Å². The molecular weight excluding hydrogens is 354 g/mol. The fourth-order valence-electron chi connectivity index (χ4n) is 6.70. The molecule has 2 saturated carbocycles. The van der Waals surface area contributed by atoms with E-state index in [1.807, 2.05) is 0 Å². The van der Waals surface area contributed by atoms with E-state index in [0.717, 1.165) is 12.5 Å². The van der Waals surface area contributed by atoms with Gasteiger partial charge in [-0.25, -0.2) is 4.99 Å². The molecular formula is C26H33N3. The summed E-state index contributed by atoms with van der Waals surface area (Å²) in [7, 11) is 0. The van der Waals surface area contributed by atoms with Gasteiger partial charge < -0.3 is 10.2 Å². The lowest BCUT2D eigenvalue weighted by atomic mass is 9.60. The molecule has 0 amide bonds. The van der Waals surface area contributed by atoms with Crippen molar-refractivity contribution in [1.82, 2.24) is 4.90 Å². The normalized spacial score (nSPS) is 37.0.